The van der Waals surface area contributed by atoms with E-state index < -0.39 is 17.2 Å². The predicted octanol–water partition coefficient (Wildman–Crippen LogP) is 5.23. The number of benzene rings is 1. The van der Waals surface area contributed by atoms with Crippen molar-refractivity contribution >= 4 is 23.3 Å². The van der Waals surface area contributed by atoms with E-state index in [0.29, 0.717) is 29.6 Å². The lowest BCUT2D eigenvalue weighted by Gasteiger charge is -2.62. The fourth-order valence-electron chi connectivity index (χ4n) is 5.03. The molecule has 3 fully saturated rings. The van der Waals surface area contributed by atoms with Gasteiger partial charge in [0.2, 0.25) is 0 Å². The summed E-state index contributed by atoms with van der Waals surface area (Å²) in [6, 6.07) is 6.10. The van der Waals surface area contributed by atoms with E-state index in [1.807, 2.05) is 0 Å². The number of hydrogen-bond acceptors (Lipinski definition) is 3. The quantitative estimate of drug-likeness (QED) is 0.275. The Labute approximate surface area is 186 Å². The molecule has 0 radical (unpaired) electrons. The van der Waals surface area contributed by atoms with E-state index in [-0.39, 0.29) is 18.3 Å². The van der Waals surface area contributed by atoms with Crippen molar-refractivity contribution in [3.8, 4) is 0 Å². The molecule has 5 atom stereocenters. The molecule has 0 aliphatic heterocycles. The van der Waals surface area contributed by atoms with E-state index >= 15 is 0 Å². The minimum absolute atomic E-state index is 0.112. The molecule has 3 unspecified atom stereocenters. The molecule has 4 rings (SSSR count). The van der Waals surface area contributed by atoms with Gasteiger partial charge in [0.25, 0.3) is 11.3 Å². The lowest BCUT2D eigenvalue weighted by atomic mass is 9.44. The smallest absolute Gasteiger partial charge is 0.303 e. The molecule has 5 nitrogen and oxygen atoms in total. The van der Waals surface area contributed by atoms with Gasteiger partial charge in [-0.15, -0.1) is 0 Å². The van der Waals surface area contributed by atoms with E-state index in [2.05, 4.69) is 30.7 Å². The summed E-state index contributed by atoms with van der Waals surface area (Å²) >= 11 is -1.65. The average Bonchev–Trinajstić information content (AvgIpc) is 2.72. The topological polar surface area (TPSA) is 75.6 Å². The molecule has 0 heterocycles. The van der Waals surface area contributed by atoms with Crippen LogP contribution in [0.15, 0.2) is 42.7 Å². The Hall–Kier alpha value is -1.99. The van der Waals surface area contributed by atoms with Crippen LogP contribution in [0.3, 0.4) is 0 Å². The number of carbonyl (C=O) groups is 1. The van der Waals surface area contributed by atoms with Gasteiger partial charge in [-0.2, -0.15) is 4.21 Å². The number of fused-ring (bicyclic) bond motifs is 2. The first-order valence-electron chi connectivity index (χ1n) is 10.9. The molecule has 3 aliphatic rings. The highest BCUT2D eigenvalue weighted by Gasteiger charge is 2.57. The van der Waals surface area contributed by atoms with Gasteiger partial charge < -0.3 is 9.29 Å². The molecule has 2 N–H and O–H groups in total. The van der Waals surface area contributed by atoms with Crippen LogP contribution in [0.4, 0.5) is 4.39 Å². The zero-order chi connectivity index (χ0) is 22.4. The van der Waals surface area contributed by atoms with E-state index in [9.17, 15) is 13.4 Å². The van der Waals surface area contributed by atoms with Gasteiger partial charge in [-0.05, 0) is 79.0 Å². The van der Waals surface area contributed by atoms with Crippen LogP contribution in [0.2, 0.25) is 0 Å². The molecule has 1 aromatic rings. The summed E-state index contributed by atoms with van der Waals surface area (Å²) in [6.45, 7) is 4.65. The van der Waals surface area contributed by atoms with Crippen LogP contribution in [0.1, 0.15) is 57.9 Å². The van der Waals surface area contributed by atoms with Crippen LogP contribution in [0.25, 0.3) is 6.08 Å². The number of halogens is 1. The minimum atomic E-state index is -1.65. The second kappa shape index (κ2) is 10.6. The van der Waals surface area contributed by atoms with Crippen LogP contribution in [0.5, 0.6) is 0 Å². The fourth-order valence-corrected chi connectivity index (χ4v) is 5.76. The van der Waals surface area contributed by atoms with Crippen molar-refractivity contribution in [3.05, 3.63) is 54.1 Å². The number of carboxylic acids is 1. The first-order chi connectivity index (χ1) is 14.8. The first kappa shape index (κ1) is 23.7. The molecule has 3 aliphatic carbocycles. The zero-order valence-corrected chi connectivity index (χ0v) is 18.9. The number of nitrogens with one attached hydrogen (secondary N) is 1. The van der Waals surface area contributed by atoms with Gasteiger partial charge in [-0.1, -0.05) is 38.1 Å². The fraction of sp³-hybridized carbons (Fsp3) is 0.542. The average molecular weight is 450 g/mol. The Balaban J connectivity index is 1.52. The first-order valence-corrected chi connectivity index (χ1v) is 12.0. The van der Waals surface area contributed by atoms with Crippen molar-refractivity contribution in [1.29, 1.82) is 0 Å². The molecule has 7 heteroatoms. The Morgan fingerprint density at radius 1 is 1.29 bits per heavy atom. The lowest BCUT2D eigenvalue weighted by molar-refractivity contribution is -0.137. The largest absolute Gasteiger partial charge is 0.481 e. The van der Waals surface area contributed by atoms with Crippen LogP contribution in [0, 0.1) is 29.0 Å². The number of hydrogen-bond donors (Lipinski definition) is 2. The number of carboxylic acid groups (broad SMARTS) is 1. The molecular formula is C24H32FNO4S. The van der Waals surface area contributed by atoms with Crippen molar-refractivity contribution in [1.82, 2.24) is 4.72 Å². The van der Waals surface area contributed by atoms with Gasteiger partial charge in [0.1, 0.15) is 12.1 Å². The predicted molar refractivity (Wildman–Crippen MR) is 120 cm³/mol. The molecule has 0 saturated heterocycles. The number of rotatable bonds is 11. The van der Waals surface area contributed by atoms with Gasteiger partial charge in [0, 0.05) is 12.5 Å². The summed E-state index contributed by atoms with van der Waals surface area (Å²) in [7, 11) is 0. The molecule has 0 aromatic heterocycles. The SMILES string of the molecule is CC1(C)[C@H]2CC(NS(=O)OC=Cc3ccc(F)cc3)C(CC=CCCCC(=O)O)[C@@H]1C2. The number of allylic oxidation sites excluding steroid dienone is 2. The highest BCUT2D eigenvalue weighted by Crippen LogP contribution is 2.62. The van der Waals surface area contributed by atoms with E-state index in [0.717, 1.165) is 24.8 Å². The molecule has 0 spiro atoms. The third kappa shape index (κ3) is 6.26. The molecular weight excluding hydrogens is 417 g/mol. The monoisotopic (exact) mass is 449 g/mol. The normalized spacial score (nSPS) is 27.8. The number of aliphatic carboxylic acids is 1. The zero-order valence-electron chi connectivity index (χ0n) is 18.1. The number of unbranched alkanes of at least 4 members (excludes halogenated alkanes) is 1. The van der Waals surface area contributed by atoms with Crippen molar-refractivity contribution in [2.45, 2.75) is 58.4 Å². The van der Waals surface area contributed by atoms with Gasteiger partial charge in [0.05, 0.1) is 0 Å². The summed E-state index contributed by atoms with van der Waals surface area (Å²) in [5.41, 5.74) is 1.06. The van der Waals surface area contributed by atoms with Crippen LogP contribution in [-0.2, 0) is 20.2 Å². The lowest BCUT2D eigenvalue weighted by Crippen LogP contribution is -2.60. The van der Waals surface area contributed by atoms with Crippen LogP contribution in [-0.4, -0.2) is 21.3 Å². The van der Waals surface area contributed by atoms with Crippen molar-refractivity contribution < 1.29 is 22.7 Å². The second-order valence-corrected chi connectivity index (χ2v) is 10.1. The maximum Gasteiger partial charge on any atom is 0.303 e. The molecule has 1 aromatic carbocycles. The van der Waals surface area contributed by atoms with Crippen molar-refractivity contribution in [3.63, 3.8) is 0 Å². The van der Waals surface area contributed by atoms with Gasteiger partial charge in [-0.25, -0.2) is 9.11 Å². The van der Waals surface area contributed by atoms with E-state index in [1.165, 1.54) is 24.8 Å². The molecule has 170 valence electrons. The van der Waals surface area contributed by atoms with Crippen molar-refractivity contribution in [2.75, 3.05) is 0 Å². The molecule has 0 amide bonds. The second-order valence-electron chi connectivity index (χ2n) is 9.16. The van der Waals surface area contributed by atoms with Crippen LogP contribution >= 0.6 is 0 Å². The van der Waals surface area contributed by atoms with Gasteiger partial charge in [0.15, 0.2) is 0 Å². The van der Waals surface area contributed by atoms with Gasteiger partial charge >= 0.3 is 5.97 Å². The van der Waals surface area contributed by atoms with E-state index in [4.69, 9.17) is 9.29 Å². The maximum atomic E-state index is 13.0. The molecule has 3 saturated carbocycles. The maximum absolute atomic E-state index is 13.0. The van der Waals surface area contributed by atoms with Crippen LogP contribution < -0.4 is 4.72 Å². The summed E-state index contributed by atoms with van der Waals surface area (Å²) < 4.78 is 33.9. The summed E-state index contributed by atoms with van der Waals surface area (Å²) in [6.07, 6.45) is 11.9. The highest BCUT2D eigenvalue weighted by atomic mass is 32.2. The van der Waals surface area contributed by atoms with Gasteiger partial charge in [-0.3, -0.25) is 4.79 Å². The summed E-state index contributed by atoms with van der Waals surface area (Å²) in [4.78, 5) is 10.6. The highest BCUT2D eigenvalue weighted by molar-refractivity contribution is 7.78. The molecule has 31 heavy (non-hydrogen) atoms. The summed E-state index contributed by atoms with van der Waals surface area (Å²) in [5.74, 6) is 0.494. The Morgan fingerprint density at radius 2 is 2.03 bits per heavy atom. The van der Waals surface area contributed by atoms with E-state index in [1.54, 1.807) is 18.2 Å². The minimum Gasteiger partial charge on any atom is -0.481 e. The third-order valence-electron chi connectivity index (χ3n) is 6.98. The van der Waals surface area contributed by atoms with Crippen molar-refractivity contribution in [2.24, 2.45) is 23.2 Å². The summed E-state index contributed by atoms with van der Waals surface area (Å²) in [5, 5.41) is 8.73. The Kier molecular flexibility index (Phi) is 8.06. The Morgan fingerprint density at radius 3 is 2.71 bits per heavy atom. The molecule has 2 bridgehead atoms. The third-order valence-corrected chi connectivity index (χ3v) is 7.76. The standard InChI is InChI=1S/C24H32FNO4S/c1-24(2)18-15-21(24)20(7-5-3-4-6-8-23(27)28)22(16-18)26-31(29)30-14-13-17-9-11-19(25)12-10-17/h3,5,9-14,18,20-22,26H,4,6-8,15-16H2,1-2H3,(H,27,28)/t18-,20?,21+,22?,31?/m1/s1. The Bertz CT molecular complexity index is 836.